The third-order valence-corrected chi connectivity index (χ3v) is 6.67. The molecule has 1 saturated heterocycles. The smallest absolute Gasteiger partial charge is 0.263 e. The molecule has 1 fully saturated rings. The Kier molecular flexibility index (Phi) is 6.77. The average Bonchev–Trinajstić information content (AvgIpc) is 3.40. The summed E-state index contributed by atoms with van der Waals surface area (Å²) in [5.74, 6) is 0.892. The first kappa shape index (κ1) is 23.7. The van der Waals surface area contributed by atoms with Crippen LogP contribution >= 0.6 is 0 Å². The predicted molar refractivity (Wildman–Crippen MR) is 137 cm³/mol. The van der Waals surface area contributed by atoms with Crippen molar-refractivity contribution in [1.29, 1.82) is 0 Å². The van der Waals surface area contributed by atoms with Gasteiger partial charge in [-0.05, 0) is 31.5 Å². The van der Waals surface area contributed by atoms with Gasteiger partial charge in [-0.15, -0.1) is 0 Å². The van der Waals surface area contributed by atoms with Gasteiger partial charge in [0.1, 0.15) is 5.56 Å². The number of nitrogens with zero attached hydrogens (tertiary/aromatic N) is 5. The van der Waals surface area contributed by atoms with Gasteiger partial charge in [0.05, 0.1) is 12.6 Å². The fraction of sp³-hybridized carbons (Fsp3) is 0.286. The van der Waals surface area contributed by atoms with Crippen molar-refractivity contribution in [3.8, 4) is 11.4 Å². The van der Waals surface area contributed by atoms with Crippen LogP contribution in [0.5, 0.6) is 0 Å². The molecule has 1 aliphatic heterocycles. The summed E-state index contributed by atoms with van der Waals surface area (Å²) >= 11 is 0. The fourth-order valence-corrected chi connectivity index (χ4v) is 4.58. The SMILES string of the molecule is Cc1cccc(Cn2cccc(C(=O)N3CCN(C(C)c4nc(-c5ccccc5)no4)CC3)c2=O)c1. The molecule has 184 valence electrons. The van der Waals surface area contributed by atoms with E-state index in [1.165, 1.54) is 0 Å². The van der Waals surface area contributed by atoms with Crippen molar-refractivity contribution in [1.82, 2.24) is 24.5 Å². The molecule has 4 aromatic rings. The fourth-order valence-electron chi connectivity index (χ4n) is 4.58. The Bertz CT molecular complexity index is 1400. The lowest BCUT2D eigenvalue weighted by molar-refractivity contribution is 0.0549. The molecule has 0 N–H and O–H groups in total. The topological polar surface area (TPSA) is 84.5 Å². The molecule has 5 rings (SSSR count). The van der Waals surface area contributed by atoms with Gasteiger partial charge in [-0.25, -0.2) is 0 Å². The first-order chi connectivity index (χ1) is 17.5. The number of carbonyl (C=O) groups excluding carboxylic acids is 1. The molecule has 0 radical (unpaired) electrons. The van der Waals surface area contributed by atoms with E-state index in [1.54, 1.807) is 27.8 Å². The van der Waals surface area contributed by atoms with E-state index in [0.717, 1.165) is 16.7 Å². The molecule has 1 atom stereocenters. The van der Waals surface area contributed by atoms with E-state index >= 15 is 0 Å². The van der Waals surface area contributed by atoms with Gasteiger partial charge < -0.3 is 14.0 Å². The first-order valence-corrected chi connectivity index (χ1v) is 12.2. The van der Waals surface area contributed by atoms with Crippen LogP contribution in [0.3, 0.4) is 0 Å². The highest BCUT2D eigenvalue weighted by atomic mass is 16.5. The summed E-state index contributed by atoms with van der Waals surface area (Å²) in [7, 11) is 0. The first-order valence-electron chi connectivity index (χ1n) is 12.2. The Labute approximate surface area is 209 Å². The van der Waals surface area contributed by atoms with Crippen LogP contribution in [-0.2, 0) is 6.54 Å². The van der Waals surface area contributed by atoms with Crippen molar-refractivity contribution < 1.29 is 9.32 Å². The lowest BCUT2D eigenvalue weighted by Gasteiger charge is -2.36. The zero-order valence-corrected chi connectivity index (χ0v) is 20.5. The van der Waals surface area contributed by atoms with Gasteiger partial charge in [-0.3, -0.25) is 14.5 Å². The number of hydrogen-bond donors (Lipinski definition) is 0. The third kappa shape index (κ3) is 4.99. The van der Waals surface area contributed by atoms with Crippen LogP contribution < -0.4 is 5.56 Å². The molecule has 0 spiro atoms. The van der Waals surface area contributed by atoms with E-state index in [-0.39, 0.29) is 23.1 Å². The largest absolute Gasteiger partial charge is 0.337 e. The van der Waals surface area contributed by atoms with Crippen molar-refractivity contribution in [3.05, 3.63) is 106 Å². The van der Waals surface area contributed by atoms with Crippen molar-refractivity contribution in [2.24, 2.45) is 0 Å². The Morgan fingerprint density at radius 3 is 2.53 bits per heavy atom. The molecule has 1 unspecified atom stereocenters. The number of amides is 1. The van der Waals surface area contributed by atoms with Gasteiger partial charge in [0.2, 0.25) is 11.7 Å². The van der Waals surface area contributed by atoms with Crippen LogP contribution in [0, 0.1) is 6.92 Å². The minimum Gasteiger partial charge on any atom is -0.337 e. The molecule has 1 amide bonds. The second-order valence-corrected chi connectivity index (χ2v) is 9.17. The zero-order chi connectivity index (χ0) is 25.1. The number of carbonyl (C=O) groups is 1. The van der Waals surface area contributed by atoms with E-state index < -0.39 is 0 Å². The number of aryl methyl sites for hydroxylation is 1. The molecule has 0 aliphatic carbocycles. The monoisotopic (exact) mass is 483 g/mol. The lowest BCUT2D eigenvalue weighted by atomic mass is 10.1. The summed E-state index contributed by atoms with van der Waals surface area (Å²) in [6.45, 7) is 6.83. The summed E-state index contributed by atoms with van der Waals surface area (Å²) in [4.78, 5) is 34.9. The molecule has 36 heavy (non-hydrogen) atoms. The molecule has 2 aromatic heterocycles. The standard InChI is InChI=1S/C28H29N5O3/c1-20-8-6-9-22(18-20)19-33-13-7-12-24(28(33)35)27(34)32-16-14-31(15-17-32)21(2)26-29-25(30-36-26)23-10-4-3-5-11-23/h3-13,18,21H,14-17,19H2,1-2H3. The van der Waals surface area contributed by atoms with Crippen LogP contribution in [0.15, 0.2) is 82.2 Å². The highest BCUT2D eigenvalue weighted by Crippen LogP contribution is 2.23. The van der Waals surface area contributed by atoms with Gasteiger partial charge in [-0.2, -0.15) is 4.98 Å². The van der Waals surface area contributed by atoms with Crippen LogP contribution in [0.1, 0.15) is 40.3 Å². The number of rotatable bonds is 6. The van der Waals surface area contributed by atoms with E-state index in [2.05, 4.69) is 15.0 Å². The number of pyridine rings is 1. The Hall–Kier alpha value is -4.04. The molecule has 0 bridgehead atoms. The normalized spacial score (nSPS) is 15.1. The van der Waals surface area contributed by atoms with E-state index in [9.17, 15) is 9.59 Å². The van der Waals surface area contributed by atoms with Crippen LogP contribution in [-0.4, -0.2) is 56.6 Å². The summed E-state index contributed by atoms with van der Waals surface area (Å²) in [6, 6.07) is 21.1. The Morgan fingerprint density at radius 1 is 1.00 bits per heavy atom. The van der Waals surface area contributed by atoms with Crippen molar-refractivity contribution >= 4 is 5.91 Å². The summed E-state index contributed by atoms with van der Waals surface area (Å²) in [5.41, 5.74) is 3.01. The molecular formula is C28H29N5O3. The lowest BCUT2D eigenvalue weighted by Crippen LogP contribution is -2.50. The molecule has 1 aliphatic rings. The predicted octanol–water partition coefficient (Wildman–Crippen LogP) is 3.77. The van der Waals surface area contributed by atoms with Crippen LogP contribution in [0.2, 0.25) is 0 Å². The number of aromatic nitrogens is 3. The molecule has 0 saturated carbocycles. The van der Waals surface area contributed by atoms with Gasteiger partial charge in [-0.1, -0.05) is 65.3 Å². The third-order valence-electron chi connectivity index (χ3n) is 6.67. The van der Waals surface area contributed by atoms with Gasteiger partial charge in [0.25, 0.3) is 11.5 Å². The second kappa shape index (κ2) is 10.3. The summed E-state index contributed by atoms with van der Waals surface area (Å²) in [5, 5.41) is 4.12. The van der Waals surface area contributed by atoms with Crippen molar-refractivity contribution in [3.63, 3.8) is 0 Å². The minimum absolute atomic E-state index is 0.0736. The summed E-state index contributed by atoms with van der Waals surface area (Å²) in [6.07, 6.45) is 1.73. The molecule has 3 heterocycles. The maximum Gasteiger partial charge on any atom is 0.263 e. The molecule has 8 heteroatoms. The van der Waals surface area contributed by atoms with Crippen LogP contribution in [0.4, 0.5) is 0 Å². The highest BCUT2D eigenvalue weighted by Gasteiger charge is 2.29. The molecule has 2 aromatic carbocycles. The highest BCUT2D eigenvalue weighted by molar-refractivity contribution is 5.93. The van der Waals surface area contributed by atoms with E-state index in [4.69, 9.17) is 4.52 Å². The average molecular weight is 484 g/mol. The van der Waals surface area contributed by atoms with Crippen LogP contribution in [0.25, 0.3) is 11.4 Å². The van der Waals surface area contributed by atoms with Gasteiger partial charge in [0.15, 0.2) is 0 Å². The van der Waals surface area contributed by atoms with Gasteiger partial charge in [0, 0.05) is 37.9 Å². The Morgan fingerprint density at radius 2 is 1.78 bits per heavy atom. The Balaban J connectivity index is 1.23. The number of piperazine rings is 1. The molecular weight excluding hydrogens is 454 g/mol. The maximum absolute atomic E-state index is 13.2. The zero-order valence-electron chi connectivity index (χ0n) is 20.5. The summed E-state index contributed by atoms with van der Waals surface area (Å²) < 4.78 is 7.13. The van der Waals surface area contributed by atoms with Crippen molar-refractivity contribution in [2.75, 3.05) is 26.2 Å². The van der Waals surface area contributed by atoms with E-state index in [1.807, 2.05) is 68.4 Å². The quantitative estimate of drug-likeness (QED) is 0.415. The molecule has 8 nitrogen and oxygen atoms in total. The second-order valence-electron chi connectivity index (χ2n) is 9.17. The van der Waals surface area contributed by atoms with Crippen molar-refractivity contribution in [2.45, 2.75) is 26.4 Å². The maximum atomic E-state index is 13.2. The van der Waals surface area contributed by atoms with E-state index in [0.29, 0.717) is 44.4 Å². The number of hydrogen-bond acceptors (Lipinski definition) is 6. The minimum atomic E-state index is -0.265. The van der Waals surface area contributed by atoms with Gasteiger partial charge >= 0.3 is 0 Å². The number of benzene rings is 2.